The van der Waals surface area contributed by atoms with Crippen molar-refractivity contribution in [1.29, 1.82) is 0 Å². The third-order valence-corrected chi connectivity index (χ3v) is 3.02. The lowest BCUT2D eigenvalue weighted by Crippen LogP contribution is -2.20. The first-order valence-electron chi connectivity index (χ1n) is 5.47. The Balaban J connectivity index is 2.38. The second-order valence-corrected chi connectivity index (χ2v) is 4.37. The molecule has 0 aliphatic heterocycles. The van der Waals surface area contributed by atoms with Crippen molar-refractivity contribution < 1.29 is 8.78 Å². The summed E-state index contributed by atoms with van der Waals surface area (Å²) in [4.78, 5) is 19.7. The highest BCUT2D eigenvalue weighted by Crippen LogP contribution is 2.21. The zero-order valence-corrected chi connectivity index (χ0v) is 10.5. The molecule has 0 saturated heterocycles. The Morgan fingerprint density at radius 1 is 1.25 bits per heavy atom. The van der Waals surface area contributed by atoms with E-state index < -0.39 is 17.2 Å². The summed E-state index contributed by atoms with van der Waals surface area (Å²) in [6.45, 7) is 0. The predicted molar refractivity (Wildman–Crippen MR) is 68.9 cm³/mol. The van der Waals surface area contributed by atoms with E-state index in [1.54, 1.807) is 0 Å². The van der Waals surface area contributed by atoms with Crippen LogP contribution >= 0.6 is 11.6 Å². The molecule has 0 saturated carbocycles. The standard InChI is InChI=1S/C13H5ClF2N3O/c14-9-1-2-10(16)12-11(9)13(20)19(6-18-12)8-3-7(15)4-17-5-8/h1-5H. The highest BCUT2D eigenvalue weighted by molar-refractivity contribution is 6.35. The van der Waals surface area contributed by atoms with Crippen LogP contribution < -0.4 is 5.56 Å². The van der Waals surface area contributed by atoms with Gasteiger partial charge in [-0.1, -0.05) is 11.6 Å². The van der Waals surface area contributed by atoms with Gasteiger partial charge in [-0.05, 0) is 12.1 Å². The molecule has 0 bridgehead atoms. The summed E-state index contributed by atoms with van der Waals surface area (Å²) in [6.07, 6.45) is 4.60. The van der Waals surface area contributed by atoms with Crippen molar-refractivity contribution in [2.24, 2.45) is 0 Å². The highest BCUT2D eigenvalue weighted by Gasteiger charge is 2.13. The number of hydrogen-bond acceptors (Lipinski definition) is 3. The van der Waals surface area contributed by atoms with Gasteiger partial charge in [-0.25, -0.2) is 13.8 Å². The van der Waals surface area contributed by atoms with Crippen molar-refractivity contribution in [1.82, 2.24) is 14.5 Å². The van der Waals surface area contributed by atoms with Gasteiger partial charge in [-0.15, -0.1) is 0 Å². The molecular formula is C13H5ClF2N3O. The third kappa shape index (κ3) is 1.94. The number of aromatic nitrogens is 3. The molecule has 3 aromatic rings. The van der Waals surface area contributed by atoms with Crippen molar-refractivity contribution in [3.63, 3.8) is 0 Å². The SMILES string of the molecule is O=c1c2c(Cl)ccc(F)c2n[c]n1-c1cncc(F)c1. The lowest BCUT2D eigenvalue weighted by Gasteiger charge is -2.06. The van der Waals surface area contributed by atoms with Gasteiger partial charge < -0.3 is 0 Å². The van der Waals surface area contributed by atoms with E-state index in [0.717, 1.165) is 22.9 Å². The number of benzene rings is 1. The van der Waals surface area contributed by atoms with E-state index in [-0.39, 0.29) is 21.6 Å². The Hall–Kier alpha value is -2.34. The average Bonchev–Trinajstić information content (AvgIpc) is 2.43. The molecule has 20 heavy (non-hydrogen) atoms. The lowest BCUT2D eigenvalue weighted by molar-refractivity contribution is 0.619. The number of nitrogens with zero attached hydrogens (tertiary/aromatic N) is 3. The summed E-state index contributed by atoms with van der Waals surface area (Å²) in [5, 5.41) is -0.0271. The molecule has 0 N–H and O–H groups in total. The molecule has 1 aromatic carbocycles. The van der Waals surface area contributed by atoms with E-state index in [9.17, 15) is 13.6 Å². The zero-order chi connectivity index (χ0) is 14.3. The molecule has 99 valence electrons. The van der Waals surface area contributed by atoms with E-state index in [1.807, 2.05) is 0 Å². The molecule has 2 aromatic heterocycles. The number of fused-ring (bicyclic) bond motifs is 1. The van der Waals surface area contributed by atoms with Gasteiger partial charge in [-0.2, -0.15) is 0 Å². The number of pyridine rings is 1. The molecular weight excluding hydrogens is 288 g/mol. The predicted octanol–water partition coefficient (Wildman–Crippen LogP) is 2.51. The summed E-state index contributed by atoms with van der Waals surface area (Å²) >= 11 is 5.90. The number of halogens is 3. The topological polar surface area (TPSA) is 47.8 Å². The Labute approximate surface area is 116 Å². The van der Waals surface area contributed by atoms with Gasteiger partial charge in [0.2, 0.25) is 0 Å². The van der Waals surface area contributed by atoms with Gasteiger partial charge in [0.05, 0.1) is 28.5 Å². The zero-order valence-electron chi connectivity index (χ0n) is 9.77. The molecule has 0 unspecified atom stereocenters. The van der Waals surface area contributed by atoms with Crippen LogP contribution in [0.15, 0.2) is 35.4 Å². The quantitative estimate of drug-likeness (QED) is 0.692. The molecule has 0 atom stereocenters. The summed E-state index contributed by atoms with van der Waals surface area (Å²) in [7, 11) is 0. The van der Waals surface area contributed by atoms with Crippen molar-refractivity contribution in [3.05, 3.63) is 63.9 Å². The molecule has 0 aliphatic carbocycles. The molecule has 7 heteroatoms. The molecule has 2 heterocycles. The smallest absolute Gasteiger partial charge is 0.268 e. The minimum absolute atomic E-state index is 0.0611. The van der Waals surface area contributed by atoms with Gasteiger partial charge in [0.25, 0.3) is 5.56 Å². The normalized spacial score (nSPS) is 10.9. The summed E-state index contributed by atoms with van der Waals surface area (Å²) in [5.74, 6) is -1.30. The molecule has 4 nitrogen and oxygen atoms in total. The van der Waals surface area contributed by atoms with E-state index in [1.165, 1.54) is 12.3 Å². The first kappa shape index (κ1) is 12.7. The fourth-order valence-corrected chi connectivity index (χ4v) is 2.04. The lowest BCUT2D eigenvalue weighted by atomic mass is 10.2. The molecule has 0 aliphatic rings. The van der Waals surface area contributed by atoms with Gasteiger partial charge in [0.15, 0.2) is 6.33 Å². The summed E-state index contributed by atoms with van der Waals surface area (Å²) in [5.41, 5.74) is -0.695. The first-order chi connectivity index (χ1) is 9.58. The summed E-state index contributed by atoms with van der Waals surface area (Å²) in [6, 6.07) is 3.46. The van der Waals surface area contributed by atoms with Crippen molar-refractivity contribution in [2.75, 3.05) is 0 Å². The Kier molecular flexibility index (Phi) is 2.94. The van der Waals surface area contributed by atoms with Crippen molar-refractivity contribution in [3.8, 4) is 5.69 Å². The van der Waals surface area contributed by atoms with Crippen LogP contribution in [0.1, 0.15) is 0 Å². The maximum absolute atomic E-state index is 13.6. The van der Waals surface area contributed by atoms with Gasteiger partial charge in [-0.3, -0.25) is 14.3 Å². The minimum atomic E-state index is -0.678. The first-order valence-corrected chi connectivity index (χ1v) is 5.85. The maximum atomic E-state index is 13.6. The molecule has 0 fully saturated rings. The van der Waals surface area contributed by atoms with E-state index in [0.29, 0.717) is 0 Å². The van der Waals surface area contributed by atoms with Gasteiger partial charge in [0.1, 0.15) is 17.2 Å². The average molecular weight is 293 g/mol. The van der Waals surface area contributed by atoms with Crippen LogP contribution in [0.3, 0.4) is 0 Å². The monoisotopic (exact) mass is 292 g/mol. The largest absolute Gasteiger partial charge is 0.268 e. The van der Waals surface area contributed by atoms with Crippen molar-refractivity contribution in [2.45, 2.75) is 0 Å². The van der Waals surface area contributed by atoms with Crippen LogP contribution in [-0.4, -0.2) is 14.5 Å². The molecule has 0 spiro atoms. The second kappa shape index (κ2) is 4.64. The molecule has 1 radical (unpaired) electrons. The fraction of sp³-hybridized carbons (Fsp3) is 0. The van der Waals surface area contributed by atoms with Gasteiger partial charge >= 0.3 is 0 Å². The van der Waals surface area contributed by atoms with Crippen LogP contribution in [0, 0.1) is 18.0 Å². The van der Waals surface area contributed by atoms with Crippen molar-refractivity contribution >= 4 is 22.5 Å². The fourth-order valence-electron chi connectivity index (χ4n) is 1.81. The van der Waals surface area contributed by atoms with Crippen LogP contribution in [-0.2, 0) is 0 Å². The Morgan fingerprint density at radius 3 is 2.80 bits per heavy atom. The summed E-state index contributed by atoms with van der Waals surface area (Å²) < 4.78 is 27.7. The molecule has 0 amide bonds. The minimum Gasteiger partial charge on any atom is -0.268 e. The number of hydrogen-bond donors (Lipinski definition) is 0. The van der Waals surface area contributed by atoms with E-state index >= 15 is 0 Å². The van der Waals surface area contributed by atoms with E-state index in [2.05, 4.69) is 16.3 Å². The van der Waals surface area contributed by atoms with E-state index in [4.69, 9.17) is 11.6 Å². The van der Waals surface area contributed by atoms with Crippen LogP contribution in [0.5, 0.6) is 0 Å². The van der Waals surface area contributed by atoms with Crippen LogP contribution in [0.4, 0.5) is 8.78 Å². The van der Waals surface area contributed by atoms with Crippen LogP contribution in [0.2, 0.25) is 5.02 Å². The molecule has 3 rings (SSSR count). The Bertz CT molecular complexity index is 879. The van der Waals surface area contributed by atoms with Gasteiger partial charge in [0, 0.05) is 6.07 Å². The van der Waals surface area contributed by atoms with Crippen LogP contribution in [0.25, 0.3) is 16.6 Å². The Morgan fingerprint density at radius 2 is 2.05 bits per heavy atom. The number of rotatable bonds is 1. The third-order valence-electron chi connectivity index (χ3n) is 2.71. The maximum Gasteiger partial charge on any atom is 0.268 e. The second-order valence-electron chi connectivity index (χ2n) is 3.97. The highest BCUT2D eigenvalue weighted by atomic mass is 35.5.